The number of carbonyl (C=O) groups is 1. The predicted octanol–water partition coefficient (Wildman–Crippen LogP) is 3.24. The standard InChI is InChI=1S/C24H34N2O2/c27-23(24(28)11-4-5-12-24)25-15-19-13-20(17-25)22-10-6-9-21(26(22)16-19)14-18-7-2-1-3-8-18/h1-3,7-8,19-22,28H,4-6,9-17H2/t19-,20+,21+,22-/m0/s1. The summed E-state index contributed by atoms with van der Waals surface area (Å²) in [7, 11) is 0. The molecule has 3 aliphatic heterocycles. The number of benzene rings is 1. The fourth-order valence-corrected chi connectivity index (χ4v) is 6.65. The van der Waals surface area contributed by atoms with Crippen LogP contribution in [0.15, 0.2) is 30.3 Å². The molecule has 1 N–H and O–H groups in total. The minimum absolute atomic E-state index is 0.0322. The SMILES string of the molecule is O=C(N1C[C@@H]2C[C@H](C1)[C@@H]1CCC[C@H](Cc3ccccc3)N1C2)C1(O)CCCC1. The van der Waals surface area contributed by atoms with Crippen LogP contribution < -0.4 is 0 Å². The van der Waals surface area contributed by atoms with Crippen LogP contribution in [0.4, 0.5) is 0 Å². The Balaban J connectivity index is 1.30. The molecular formula is C24H34N2O2. The second-order valence-corrected chi connectivity index (χ2v) is 9.85. The summed E-state index contributed by atoms with van der Waals surface area (Å²) in [5.41, 5.74) is 0.387. The van der Waals surface area contributed by atoms with E-state index in [4.69, 9.17) is 0 Å². The maximum Gasteiger partial charge on any atom is 0.254 e. The van der Waals surface area contributed by atoms with Gasteiger partial charge in [0.1, 0.15) is 5.60 Å². The van der Waals surface area contributed by atoms with Gasteiger partial charge in [-0.15, -0.1) is 0 Å². The lowest BCUT2D eigenvalue weighted by Gasteiger charge is -2.55. The van der Waals surface area contributed by atoms with Gasteiger partial charge in [0.2, 0.25) is 0 Å². The van der Waals surface area contributed by atoms with Crippen molar-refractivity contribution in [3.05, 3.63) is 35.9 Å². The van der Waals surface area contributed by atoms with Crippen molar-refractivity contribution < 1.29 is 9.90 Å². The highest BCUT2D eigenvalue weighted by Crippen LogP contribution is 2.41. The minimum Gasteiger partial charge on any atom is -0.380 e. The van der Waals surface area contributed by atoms with Crippen molar-refractivity contribution in [1.82, 2.24) is 9.80 Å². The average molecular weight is 383 g/mol. The Morgan fingerprint density at radius 2 is 1.82 bits per heavy atom. The molecule has 28 heavy (non-hydrogen) atoms. The van der Waals surface area contributed by atoms with Crippen LogP contribution in [0.25, 0.3) is 0 Å². The zero-order valence-corrected chi connectivity index (χ0v) is 16.9. The first-order chi connectivity index (χ1) is 13.6. The second-order valence-electron chi connectivity index (χ2n) is 9.85. The molecule has 5 rings (SSSR count). The Labute approximate surface area is 168 Å². The van der Waals surface area contributed by atoms with Gasteiger partial charge < -0.3 is 10.0 Å². The molecule has 4 fully saturated rings. The molecule has 1 saturated carbocycles. The fraction of sp³-hybridized carbons (Fsp3) is 0.708. The van der Waals surface area contributed by atoms with Crippen molar-refractivity contribution in [1.29, 1.82) is 0 Å². The topological polar surface area (TPSA) is 43.8 Å². The van der Waals surface area contributed by atoms with Gasteiger partial charge in [-0.2, -0.15) is 0 Å². The maximum absolute atomic E-state index is 13.1. The highest BCUT2D eigenvalue weighted by atomic mass is 16.3. The van der Waals surface area contributed by atoms with Crippen molar-refractivity contribution in [3.8, 4) is 0 Å². The lowest BCUT2D eigenvalue weighted by atomic mass is 9.73. The second kappa shape index (κ2) is 7.46. The van der Waals surface area contributed by atoms with Gasteiger partial charge in [0.15, 0.2) is 0 Å². The Morgan fingerprint density at radius 1 is 1.04 bits per heavy atom. The molecule has 1 aromatic carbocycles. The van der Waals surface area contributed by atoms with Crippen LogP contribution in [-0.4, -0.2) is 58.1 Å². The molecule has 2 bridgehead atoms. The van der Waals surface area contributed by atoms with Crippen molar-refractivity contribution in [3.63, 3.8) is 0 Å². The highest BCUT2D eigenvalue weighted by Gasteiger charge is 2.48. The summed E-state index contributed by atoms with van der Waals surface area (Å²) in [6, 6.07) is 12.2. The average Bonchev–Trinajstić information content (AvgIpc) is 3.16. The molecule has 4 nitrogen and oxygen atoms in total. The van der Waals surface area contributed by atoms with Gasteiger partial charge in [-0.05, 0) is 68.8 Å². The summed E-state index contributed by atoms with van der Waals surface area (Å²) in [6.07, 6.45) is 9.58. The molecule has 3 saturated heterocycles. The molecule has 152 valence electrons. The van der Waals surface area contributed by atoms with E-state index < -0.39 is 5.60 Å². The molecule has 0 unspecified atom stereocenters. The van der Waals surface area contributed by atoms with Crippen LogP contribution in [0.3, 0.4) is 0 Å². The normalized spacial score (nSPS) is 34.8. The highest BCUT2D eigenvalue weighted by molar-refractivity contribution is 5.85. The number of rotatable bonds is 3. The molecule has 1 amide bonds. The number of piperidine rings is 3. The van der Waals surface area contributed by atoms with Gasteiger partial charge >= 0.3 is 0 Å². The maximum atomic E-state index is 13.1. The lowest BCUT2D eigenvalue weighted by molar-refractivity contribution is -0.158. The third kappa shape index (κ3) is 3.39. The van der Waals surface area contributed by atoms with Crippen LogP contribution in [0, 0.1) is 11.8 Å². The Bertz CT molecular complexity index is 700. The third-order valence-electron chi connectivity index (χ3n) is 7.95. The van der Waals surface area contributed by atoms with E-state index in [-0.39, 0.29) is 5.91 Å². The van der Waals surface area contributed by atoms with Crippen molar-refractivity contribution >= 4 is 5.91 Å². The summed E-state index contributed by atoms with van der Waals surface area (Å²) in [5.74, 6) is 1.19. The molecular weight excluding hydrogens is 348 g/mol. The quantitative estimate of drug-likeness (QED) is 0.873. The molecule has 1 aliphatic carbocycles. The number of carbonyl (C=O) groups excluding carboxylic acids is 1. The van der Waals surface area contributed by atoms with E-state index in [1.54, 1.807) is 0 Å². The van der Waals surface area contributed by atoms with Crippen LogP contribution >= 0.6 is 0 Å². The van der Waals surface area contributed by atoms with Gasteiger partial charge in [0.05, 0.1) is 0 Å². The Hall–Kier alpha value is -1.39. The zero-order valence-electron chi connectivity index (χ0n) is 16.9. The molecule has 0 radical (unpaired) electrons. The van der Waals surface area contributed by atoms with Gasteiger partial charge in [-0.3, -0.25) is 9.69 Å². The molecule has 4 heteroatoms. The molecule has 4 atom stereocenters. The van der Waals surface area contributed by atoms with Gasteiger partial charge in [0, 0.05) is 31.7 Å². The van der Waals surface area contributed by atoms with E-state index in [0.29, 0.717) is 36.8 Å². The summed E-state index contributed by atoms with van der Waals surface area (Å²) < 4.78 is 0. The summed E-state index contributed by atoms with van der Waals surface area (Å²) in [4.78, 5) is 17.9. The largest absolute Gasteiger partial charge is 0.380 e. The smallest absolute Gasteiger partial charge is 0.254 e. The van der Waals surface area contributed by atoms with Crippen LogP contribution in [-0.2, 0) is 11.2 Å². The molecule has 3 heterocycles. The minimum atomic E-state index is -1.06. The number of hydrogen-bond donors (Lipinski definition) is 1. The zero-order chi connectivity index (χ0) is 19.1. The molecule has 0 spiro atoms. The van der Waals surface area contributed by atoms with Crippen molar-refractivity contribution in [2.45, 2.75) is 75.5 Å². The number of aliphatic hydroxyl groups is 1. The van der Waals surface area contributed by atoms with Gasteiger partial charge in [0.25, 0.3) is 5.91 Å². The van der Waals surface area contributed by atoms with E-state index in [0.717, 1.165) is 38.9 Å². The number of nitrogens with zero attached hydrogens (tertiary/aromatic N) is 2. The molecule has 4 aliphatic rings. The summed E-state index contributed by atoms with van der Waals surface area (Å²) >= 11 is 0. The van der Waals surface area contributed by atoms with Crippen LogP contribution in [0.2, 0.25) is 0 Å². The molecule has 0 aromatic heterocycles. The first kappa shape index (κ1) is 18.6. The Morgan fingerprint density at radius 3 is 2.61 bits per heavy atom. The van der Waals surface area contributed by atoms with Crippen molar-refractivity contribution in [2.24, 2.45) is 11.8 Å². The van der Waals surface area contributed by atoms with E-state index in [9.17, 15) is 9.90 Å². The van der Waals surface area contributed by atoms with Gasteiger partial charge in [-0.1, -0.05) is 36.8 Å². The van der Waals surface area contributed by atoms with E-state index in [2.05, 4.69) is 35.2 Å². The number of hydrogen-bond acceptors (Lipinski definition) is 3. The first-order valence-electron chi connectivity index (χ1n) is 11.4. The monoisotopic (exact) mass is 382 g/mol. The molecule has 1 aromatic rings. The number of amides is 1. The Kier molecular flexibility index (Phi) is 4.96. The lowest BCUT2D eigenvalue weighted by Crippen LogP contribution is -2.64. The first-order valence-corrected chi connectivity index (χ1v) is 11.4. The van der Waals surface area contributed by atoms with Gasteiger partial charge in [-0.25, -0.2) is 0 Å². The fourth-order valence-electron chi connectivity index (χ4n) is 6.65. The van der Waals surface area contributed by atoms with E-state index in [1.165, 1.54) is 31.2 Å². The van der Waals surface area contributed by atoms with Crippen molar-refractivity contribution in [2.75, 3.05) is 19.6 Å². The summed E-state index contributed by atoms with van der Waals surface area (Å²) in [6.45, 7) is 2.83. The third-order valence-corrected chi connectivity index (χ3v) is 7.95. The predicted molar refractivity (Wildman–Crippen MR) is 110 cm³/mol. The number of likely N-dealkylation sites (tertiary alicyclic amines) is 1. The summed E-state index contributed by atoms with van der Waals surface area (Å²) in [5, 5.41) is 10.8. The van der Waals surface area contributed by atoms with E-state index in [1.807, 2.05) is 4.90 Å². The number of fused-ring (bicyclic) bond motifs is 4. The van der Waals surface area contributed by atoms with Crippen LogP contribution in [0.5, 0.6) is 0 Å². The van der Waals surface area contributed by atoms with E-state index >= 15 is 0 Å². The van der Waals surface area contributed by atoms with Crippen LogP contribution in [0.1, 0.15) is 56.9 Å².